The number of aliphatic hydroxyl groups is 4. The molecule has 6 N–H and O–H groups in total. The van der Waals surface area contributed by atoms with Crippen LogP contribution in [0.4, 0.5) is 0 Å². The SMILES string of the molecule is O=C(C[C@@H]1OC[C@@H](O)[C@H](O)C1O)N[C@H](CCO)C(=O)O. The summed E-state index contributed by atoms with van der Waals surface area (Å²) in [5, 5.41) is 48.0. The van der Waals surface area contributed by atoms with Gasteiger partial charge in [0.1, 0.15) is 24.4 Å². The van der Waals surface area contributed by atoms with Gasteiger partial charge in [0.25, 0.3) is 0 Å². The molecule has 0 radical (unpaired) electrons. The van der Waals surface area contributed by atoms with E-state index in [4.69, 9.17) is 14.9 Å². The molecular weight excluding hydrogens is 274 g/mol. The first-order valence-electron chi connectivity index (χ1n) is 6.15. The number of hydrogen-bond donors (Lipinski definition) is 6. The number of carboxylic acid groups (broad SMARTS) is 1. The van der Waals surface area contributed by atoms with E-state index in [1.54, 1.807) is 0 Å². The smallest absolute Gasteiger partial charge is 0.326 e. The van der Waals surface area contributed by atoms with E-state index < -0.39 is 48.9 Å². The Morgan fingerprint density at radius 3 is 2.45 bits per heavy atom. The number of nitrogens with one attached hydrogen (secondary N) is 1. The molecule has 0 aromatic rings. The monoisotopic (exact) mass is 293 g/mol. The molecule has 20 heavy (non-hydrogen) atoms. The van der Waals surface area contributed by atoms with E-state index in [-0.39, 0.29) is 19.4 Å². The van der Waals surface area contributed by atoms with Crippen LogP contribution in [0.3, 0.4) is 0 Å². The highest BCUT2D eigenvalue weighted by molar-refractivity contribution is 5.83. The fourth-order valence-corrected chi connectivity index (χ4v) is 1.87. The van der Waals surface area contributed by atoms with Gasteiger partial charge in [0.15, 0.2) is 0 Å². The van der Waals surface area contributed by atoms with Crippen LogP contribution in [-0.2, 0) is 14.3 Å². The van der Waals surface area contributed by atoms with Crippen LogP contribution in [0.5, 0.6) is 0 Å². The van der Waals surface area contributed by atoms with Gasteiger partial charge in [0.05, 0.1) is 19.1 Å². The van der Waals surface area contributed by atoms with Crippen molar-refractivity contribution in [2.24, 2.45) is 0 Å². The number of ether oxygens (including phenoxy) is 1. The quantitative estimate of drug-likeness (QED) is 0.299. The number of aliphatic hydroxyl groups excluding tert-OH is 4. The molecule has 1 unspecified atom stereocenters. The van der Waals surface area contributed by atoms with E-state index >= 15 is 0 Å². The molecule has 1 saturated heterocycles. The van der Waals surface area contributed by atoms with E-state index in [2.05, 4.69) is 5.32 Å². The van der Waals surface area contributed by atoms with E-state index in [9.17, 15) is 24.9 Å². The molecule has 9 nitrogen and oxygen atoms in total. The van der Waals surface area contributed by atoms with Crippen LogP contribution in [-0.4, -0.2) is 81.1 Å². The maximum Gasteiger partial charge on any atom is 0.326 e. The van der Waals surface area contributed by atoms with Gasteiger partial charge in [-0.05, 0) is 0 Å². The lowest BCUT2D eigenvalue weighted by Crippen LogP contribution is -2.54. The second-order valence-electron chi connectivity index (χ2n) is 4.60. The van der Waals surface area contributed by atoms with Crippen LogP contribution in [0, 0.1) is 0 Å². The Morgan fingerprint density at radius 1 is 1.25 bits per heavy atom. The Balaban J connectivity index is 2.51. The zero-order valence-electron chi connectivity index (χ0n) is 10.7. The topological polar surface area (TPSA) is 157 Å². The number of carbonyl (C=O) groups is 2. The Bertz CT molecular complexity index is 349. The third-order valence-corrected chi connectivity index (χ3v) is 3.04. The summed E-state index contributed by atoms with van der Waals surface area (Å²) in [6, 6.07) is -1.23. The average molecular weight is 293 g/mol. The lowest BCUT2D eigenvalue weighted by Gasteiger charge is -2.35. The molecule has 1 heterocycles. The molecule has 1 aliphatic rings. The normalized spacial score (nSPS) is 31.6. The lowest BCUT2D eigenvalue weighted by atomic mass is 9.97. The van der Waals surface area contributed by atoms with E-state index in [0.717, 1.165) is 0 Å². The van der Waals surface area contributed by atoms with Gasteiger partial charge in [-0.15, -0.1) is 0 Å². The summed E-state index contributed by atoms with van der Waals surface area (Å²) in [6.07, 6.45) is -5.63. The third kappa shape index (κ3) is 4.39. The molecule has 0 spiro atoms. The predicted molar refractivity (Wildman–Crippen MR) is 63.6 cm³/mol. The maximum atomic E-state index is 11.6. The van der Waals surface area contributed by atoms with Gasteiger partial charge < -0.3 is 35.6 Å². The largest absolute Gasteiger partial charge is 0.480 e. The zero-order chi connectivity index (χ0) is 15.3. The second-order valence-corrected chi connectivity index (χ2v) is 4.60. The zero-order valence-corrected chi connectivity index (χ0v) is 10.7. The summed E-state index contributed by atoms with van der Waals surface area (Å²) in [6.45, 7) is -0.625. The number of aliphatic carboxylic acids is 1. The number of hydrogen-bond acceptors (Lipinski definition) is 7. The van der Waals surface area contributed by atoms with Crippen LogP contribution in [0.25, 0.3) is 0 Å². The number of carboxylic acids is 1. The van der Waals surface area contributed by atoms with Crippen molar-refractivity contribution in [1.82, 2.24) is 5.32 Å². The van der Waals surface area contributed by atoms with Crippen LogP contribution >= 0.6 is 0 Å². The summed E-state index contributed by atoms with van der Waals surface area (Å²) in [5.41, 5.74) is 0. The molecule has 116 valence electrons. The minimum atomic E-state index is -1.44. The van der Waals surface area contributed by atoms with Crippen molar-refractivity contribution in [1.29, 1.82) is 0 Å². The van der Waals surface area contributed by atoms with Gasteiger partial charge in [-0.1, -0.05) is 0 Å². The standard InChI is InChI=1S/C11H19NO8/c13-2-1-5(11(18)19)12-8(15)3-7-10(17)9(16)6(14)4-20-7/h5-7,9-10,13-14,16-17H,1-4H2,(H,12,15)(H,18,19)/t5-,6-,7+,9+,10?/m1/s1. The molecule has 0 aliphatic carbocycles. The van der Waals surface area contributed by atoms with Crippen molar-refractivity contribution >= 4 is 11.9 Å². The molecule has 1 fully saturated rings. The molecule has 1 amide bonds. The fourth-order valence-electron chi connectivity index (χ4n) is 1.87. The number of amides is 1. The highest BCUT2D eigenvalue weighted by atomic mass is 16.5. The maximum absolute atomic E-state index is 11.6. The molecule has 1 rings (SSSR count). The van der Waals surface area contributed by atoms with Gasteiger partial charge in [0, 0.05) is 13.0 Å². The molecule has 0 bridgehead atoms. The Kier molecular flexibility index (Phi) is 6.30. The number of rotatable bonds is 6. The van der Waals surface area contributed by atoms with Crippen molar-refractivity contribution in [3.63, 3.8) is 0 Å². The molecule has 0 saturated carbocycles. The molecule has 1 aliphatic heterocycles. The Labute approximate surface area is 114 Å². The van der Waals surface area contributed by atoms with Crippen LogP contribution < -0.4 is 5.32 Å². The summed E-state index contributed by atoms with van der Waals surface area (Å²) >= 11 is 0. The Morgan fingerprint density at radius 2 is 1.90 bits per heavy atom. The molecular formula is C11H19NO8. The summed E-state index contributed by atoms with van der Waals surface area (Å²) in [4.78, 5) is 22.4. The summed E-state index contributed by atoms with van der Waals surface area (Å²) in [7, 11) is 0. The minimum Gasteiger partial charge on any atom is -0.480 e. The molecule has 0 aromatic heterocycles. The first-order chi connectivity index (χ1) is 9.36. The van der Waals surface area contributed by atoms with Crippen LogP contribution in [0.1, 0.15) is 12.8 Å². The fraction of sp³-hybridized carbons (Fsp3) is 0.818. The first kappa shape index (κ1) is 16.8. The number of carbonyl (C=O) groups excluding carboxylic acids is 1. The van der Waals surface area contributed by atoms with Crippen LogP contribution in [0.2, 0.25) is 0 Å². The first-order valence-corrected chi connectivity index (χ1v) is 6.15. The van der Waals surface area contributed by atoms with E-state index in [0.29, 0.717) is 0 Å². The van der Waals surface area contributed by atoms with E-state index in [1.165, 1.54) is 0 Å². The van der Waals surface area contributed by atoms with Crippen molar-refractivity contribution < 1.29 is 39.9 Å². The van der Waals surface area contributed by atoms with Gasteiger partial charge in [-0.2, -0.15) is 0 Å². The average Bonchev–Trinajstić information content (AvgIpc) is 2.39. The minimum absolute atomic E-state index is 0.142. The van der Waals surface area contributed by atoms with Crippen molar-refractivity contribution in [2.75, 3.05) is 13.2 Å². The van der Waals surface area contributed by atoms with E-state index in [1.807, 2.05) is 0 Å². The third-order valence-electron chi connectivity index (χ3n) is 3.04. The Hall–Kier alpha value is -1.26. The summed E-state index contributed by atoms with van der Waals surface area (Å²) < 4.78 is 5.03. The summed E-state index contributed by atoms with van der Waals surface area (Å²) in [5.74, 6) is -1.98. The lowest BCUT2D eigenvalue weighted by molar-refractivity contribution is -0.189. The predicted octanol–water partition coefficient (Wildman–Crippen LogP) is -3.19. The molecule has 5 atom stereocenters. The highest BCUT2D eigenvalue weighted by Gasteiger charge is 2.38. The molecule has 0 aromatic carbocycles. The van der Waals surface area contributed by atoms with Crippen molar-refractivity contribution in [2.45, 2.75) is 43.3 Å². The van der Waals surface area contributed by atoms with Gasteiger partial charge >= 0.3 is 5.97 Å². The second kappa shape index (κ2) is 7.50. The van der Waals surface area contributed by atoms with Crippen LogP contribution in [0.15, 0.2) is 0 Å². The molecule has 9 heteroatoms. The van der Waals surface area contributed by atoms with Gasteiger partial charge in [-0.3, -0.25) is 4.79 Å². The van der Waals surface area contributed by atoms with Crippen molar-refractivity contribution in [3.05, 3.63) is 0 Å². The van der Waals surface area contributed by atoms with Crippen molar-refractivity contribution in [3.8, 4) is 0 Å². The van der Waals surface area contributed by atoms with Gasteiger partial charge in [0.2, 0.25) is 5.91 Å². The van der Waals surface area contributed by atoms with Gasteiger partial charge in [-0.25, -0.2) is 4.79 Å². The highest BCUT2D eigenvalue weighted by Crippen LogP contribution is 2.18.